The van der Waals surface area contributed by atoms with Gasteiger partial charge in [0.25, 0.3) is 0 Å². The molecule has 2 aliphatic rings. The summed E-state index contributed by atoms with van der Waals surface area (Å²) >= 11 is 1.60. The Balaban J connectivity index is 1.41. The zero-order valence-corrected chi connectivity index (χ0v) is 13.9. The third-order valence-electron chi connectivity index (χ3n) is 4.97. The molecule has 122 valence electrons. The maximum absolute atomic E-state index is 12.3. The van der Waals surface area contributed by atoms with E-state index in [9.17, 15) is 9.90 Å². The lowest BCUT2D eigenvalue weighted by molar-refractivity contribution is -0.134. The van der Waals surface area contributed by atoms with Gasteiger partial charge in [0.1, 0.15) is 6.10 Å². The van der Waals surface area contributed by atoms with Crippen molar-refractivity contribution < 1.29 is 9.90 Å². The van der Waals surface area contributed by atoms with Gasteiger partial charge in [0.05, 0.1) is 0 Å². The first-order chi connectivity index (χ1) is 10.7. The van der Waals surface area contributed by atoms with Crippen molar-refractivity contribution >= 4 is 17.2 Å². The van der Waals surface area contributed by atoms with Gasteiger partial charge in [-0.1, -0.05) is 18.9 Å². The summed E-state index contributed by atoms with van der Waals surface area (Å²) in [6.07, 6.45) is 5.41. The number of carbonyl (C=O) groups is 1. The van der Waals surface area contributed by atoms with Crippen LogP contribution in [0, 0.1) is 5.92 Å². The van der Waals surface area contributed by atoms with Crippen LogP contribution in [-0.4, -0.2) is 53.5 Å². The second-order valence-corrected chi connectivity index (χ2v) is 7.55. The molecule has 4 nitrogen and oxygen atoms in total. The van der Waals surface area contributed by atoms with Crippen LogP contribution in [0.1, 0.15) is 43.1 Å². The summed E-state index contributed by atoms with van der Waals surface area (Å²) in [7, 11) is 0. The highest BCUT2D eigenvalue weighted by atomic mass is 32.1. The predicted molar refractivity (Wildman–Crippen MR) is 88.9 cm³/mol. The molecule has 2 heterocycles. The highest BCUT2D eigenvalue weighted by molar-refractivity contribution is 7.10. The molecule has 0 unspecified atom stereocenters. The fourth-order valence-electron chi connectivity index (χ4n) is 3.59. The van der Waals surface area contributed by atoms with E-state index < -0.39 is 6.10 Å². The molecule has 1 N–H and O–H groups in total. The average molecular weight is 322 g/mol. The van der Waals surface area contributed by atoms with Gasteiger partial charge in [-0.15, -0.1) is 11.3 Å². The van der Waals surface area contributed by atoms with Crippen molar-refractivity contribution in [2.45, 2.75) is 38.2 Å². The minimum Gasteiger partial charge on any atom is -0.386 e. The third-order valence-corrected chi connectivity index (χ3v) is 5.94. The van der Waals surface area contributed by atoms with Crippen LogP contribution in [0.15, 0.2) is 17.5 Å². The standard InChI is InChI=1S/C17H26N2O2S/c20-15(16-6-3-11-22-16)13-18-7-9-19(10-8-18)17(21)12-14-4-1-2-5-14/h3,6,11,14-15,20H,1-2,4-5,7-10,12-13H2/t15-/m0/s1. The molecule has 22 heavy (non-hydrogen) atoms. The number of amides is 1. The fraction of sp³-hybridized carbons (Fsp3) is 0.706. The Hall–Kier alpha value is -0.910. The average Bonchev–Trinajstić information content (AvgIpc) is 3.21. The Bertz CT molecular complexity index is 463. The molecule has 1 aromatic heterocycles. The van der Waals surface area contributed by atoms with Gasteiger partial charge in [0.2, 0.25) is 5.91 Å². The number of aliphatic hydroxyl groups excluding tert-OH is 1. The normalized spacial score (nSPS) is 22.1. The lowest BCUT2D eigenvalue weighted by Gasteiger charge is -2.36. The largest absolute Gasteiger partial charge is 0.386 e. The van der Waals surface area contributed by atoms with Crippen molar-refractivity contribution in [3.63, 3.8) is 0 Å². The predicted octanol–water partition coefficient (Wildman–Crippen LogP) is 2.51. The Morgan fingerprint density at radius 2 is 2.00 bits per heavy atom. The van der Waals surface area contributed by atoms with Crippen LogP contribution in [0.25, 0.3) is 0 Å². The quantitative estimate of drug-likeness (QED) is 0.906. The lowest BCUT2D eigenvalue weighted by atomic mass is 10.0. The van der Waals surface area contributed by atoms with Gasteiger partial charge in [-0.3, -0.25) is 9.69 Å². The van der Waals surface area contributed by atoms with Gasteiger partial charge in [0, 0.05) is 44.0 Å². The smallest absolute Gasteiger partial charge is 0.222 e. The first-order valence-electron chi connectivity index (χ1n) is 8.44. The van der Waals surface area contributed by atoms with Crippen LogP contribution in [0.5, 0.6) is 0 Å². The molecule has 1 saturated heterocycles. The van der Waals surface area contributed by atoms with Crippen molar-refractivity contribution in [3.05, 3.63) is 22.4 Å². The molecule has 1 aliphatic heterocycles. The molecule has 0 bridgehead atoms. The molecule has 3 rings (SSSR count). The minimum atomic E-state index is -0.402. The number of hydrogen-bond donors (Lipinski definition) is 1. The van der Waals surface area contributed by atoms with E-state index in [1.54, 1.807) is 11.3 Å². The van der Waals surface area contributed by atoms with E-state index in [1.165, 1.54) is 25.7 Å². The molecule has 0 spiro atoms. The second kappa shape index (κ2) is 7.57. The van der Waals surface area contributed by atoms with Gasteiger partial charge in [0.15, 0.2) is 0 Å². The lowest BCUT2D eigenvalue weighted by Crippen LogP contribution is -2.49. The zero-order chi connectivity index (χ0) is 15.4. The number of rotatable bonds is 5. The van der Waals surface area contributed by atoms with Crippen molar-refractivity contribution in [1.82, 2.24) is 9.80 Å². The van der Waals surface area contributed by atoms with Gasteiger partial charge in [-0.05, 0) is 30.2 Å². The van der Waals surface area contributed by atoms with Gasteiger partial charge in [-0.2, -0.15) is 0 Å². The number of β-amino-alcohol motifs (C(OH)–C–C–N with tert-alkyl or cyclic N) is 1. The molecule has 0 aromatic carbocycles. The molecule has 5 heteroatoms. The highest BCUT2D eigenvalue weighted by Gasteiger charge is 2.26. The number of thiophene rings is 1. The van der Waals surface area contributed by atoms with E-state index in [4.69, 9.17) is 0 Å². The number of piperazine rings is 1. The summed E-state index contributed by atoms with van der Waals surface area (Å²) in [6, 6.07) is 3.96. The van der Waals surface area contributed by atoms with E-state index >= 15 is 0 Å². The maximum atomic E-state index is 12.3. The Labute approximate surface area is 136 Å². The van der Waals surface area contributed by atoms with Crippen molar-refractivity contribution in [3.8, 4) is 0 Å². The first-order valence-corrected chi connectivity index (χ1v) is 9.32. The van der Waals surface area contributed by atoms with Crippen LogP contribution < -0.4 is 0 Å². The third kappa shape index (κ3) is 4.09. The summed E-state index contributed by atoms with van der Waals surface area (Å²) in [5.41, 5.74) is 0. The number of hydrogen-bond acceptors (Lipinski definition) is 4. The van der Waals surface area contributed by atoms with Gasteiger partial charge >= 0.3 is 0 Å². The van der Waals surface area contributed by atoms with E-state index in [-0.39, 0.29) is 0 Å². The molecule has 2 fully saturated rings. The van der Waals surface area contributed by atoms with E-state index in [0.29, 0.717) is 18.4 Å². The van der Waals surface area contributed by atoms with Crippen LogP contribution in [0.2, 0.25) is 0 Å². The first kappa shape index (κ1) is 16.0. The summed E-state index contributed by atoms with van der Waals surface area (Å²) in [6.45, 7) is 4.04. The van der Waals surface area contributed by atoms with E-state index in [1.807, 2.05) is 22.4 Å². The van der Waals surface area contributed by atoms with Gasteiger partial charge in [-0.25, -0.2) is 0 Å². The molecular weight excluding hydrogens is 296 g/mol. The number of carbonyl (C=O) groups excluding carboxylic acids is 1. The SMILES string of the molecule is O=C(CC1CCCC1)N1CCN(C[C@H](O)c2cccs2)CC1. The highest BCUT2D eigenvalue weighted by Crippen LogP contribution is 2.28. The summed E-state index contributed by atoms with van der Waals surface area (Å²) in [5.74, 6) is 0.969. The van der Waals surface area contributed by atoms with Crippen LogP contribution >= 0.6 is 11.3 Å². The minimum absolute atomic E-state index is 0.338. The van der Waals surface area contributed by atoms with E-state index in [0.717, 1.165) is 37.5 Å². The van der Waals surface area contributed by atoms with Crippen molar-refractivity contribution in [1.29, 1.82) is 0 Å². The molecule has 1 aliphatic carbocycles. The molecule has 1 amide bonds. The van der Waals surface area contributed by atoms with Crippen molar-refractivity contribution in [2.75, 3.05) is 32.7 Å². The molecule has 1 atom stereocenters. The molecule has 1 aromatic rings. The maximum Gasteiger partial charge on any atom is 0.222 e. The fourth-order valence-corrected chi connectivity index (χ4v) is 4.29. The summed E-state index contributed by atoms with van der Waals surface area (Å²) < 4.78 is 0. The zero-order valence-electron chi connectivity index (χ0n) is 13.1. The van der Waals surface area contributed by atoms with Crippen LogP contribution in [0.3, 0.4) is 0 Å². The Morgan fingerprint density at radius 3 is 2.64 bits per heavy atom. The molecule has 1 saturated carbocycles. The summed E-state index contributed by atoms with van der Waals surface area (Å²) in [4.78, 5) is 17.6. The summed E-state index contributed by atoms with van der Waals surface area (Å²) in [5, 5.41) is 12.2. The Kier molecular flexibility index (Phi) is 5.50. The number of aliphatic hydroxyl groups is 1. The molecule has 0 radical (unpaired) electrons. The number of nitrogens with zero attached hydrogens (tertiary/aromatic N) is 2. The monoisotopic (exact) mass is 322 g/mol. The second-order valence-electron chi connectivity index (χ2n) is 6.57. The Morgan fingerprint density at radius 1 is 1.27 bits per heavy atom. The van der Waals surface area contributed by atoms with Crippen LogP contribution in [-0.2, 0) is 4.79 Å². The van der Waals surface area contributed by atoms with Gasteiger partial charge < -0.3 is 10.0 Å². The topological polar surface area (TPSA) is 43.8 Å². The van der Waals surface area contributed by atoms with Crippen LogP contribution in [0.4, 0.5) is 0 Å². The van der Waals surface area contributed by atoms with E-state index in [2.05, 4.69) is 4.90 Å². The van der Waals surface area contributed by atoms with Crippen molar-refractivity contribution in [2.24, 2.45) is 5.92 Å². The molecular formula is C17H26N2O2S.